The molecule has 0 fully saturated rings. The van der Waals surface area contributed by atoms with Gasteiger partial charge in [0.15, 0.2) is 11.4 Å². The minimum Gasteiger partial charge on any atom is -0.462 e. The van der Waals surface area contributed by atoms with Crippen molar-refractivity contribution < 1.29 is 23.9 Å². The summed E-state index contributed by atoms with van der Waals surface area (Å²) >= 11 is 0. The van der Waals surface area contributed by atoms with Gasteiger partial charge in [-0.25, -0.2) is 9.59 Å². The first-order chi connectivity index (χ1) is 9.08. The molecule has 1 N–H and O–H groups in total. The predicted molar refractivity (Wildman–Crippen MR) is 66.8 cm³/mol. The van der Waals surface area contributed by atoms with Crippen LogP contribution < -0.4 is 5.32 Å². The Morgan fingerprint density at radius 2 is 1.79 bits per heavy atom. The fraction of sp³-hybridized carbons (Fsp3) is 0.462. The summed E-state index contributed by atoms with van der Waals surface area (Å²) in [6.07, 6.45) is 3.67. The van der Waals surface area contributed by atoms with Crippen LogP contribution in [0.25, 0.3) is 0 Å². The number of hydrogen-bond donors (Lipinski definition) is 1. The second-order valence-electron chi connectivity index (χ2n) is 3.78. The normalized spacial score (nSPS) is 13.6. The second-order valence-corrected chi connectivity index (χ2v) is 3.78. The number of nitrogens with one attached hydrogen (secondary N) is 1. The molecule has 0 radical (unpaired) electrons. The molecule has 1 aliphatic rings. The number of carbonyl (C=O) groups is 3. The van der Waals surface area contributed by atoms with E-state index < -0.39 is 11.9 Å². The number of ether oxygens (including phenoxy) is 2. The van der Waals surface area contributed by atoms with E-state index in [1.54, 1.807) is 13.8 Å². The van der Waals surface area contributed by atoms with Crippen molar-refractivity contribution in [3.63, 3.8) is 0 Å². The lowest BCUT2D eigenvalue weighted by Crippen LogP contribution is -2.21. The molecule has 6 heteroatoms. The maximum atomic E-state index is 11.6. The van der Waals surface area contributed by atoms with Crippen molar-refractivity contribution in [3.8, 4) is 0 Å². The minimum absolute atomic E-state index is 0.0183. The van der Waals surface area contributed by atoms with Crippen molar-refractivity contribution in [2.75, 3.05) is 13.2 Å². The van der Waals surface area contributed by atoms with Gasteiger partial charge in [-0.15, -0.1) is 0 Å². The van der Waals surface area contributed by atoms with Crippen LogP contribution in [0.5, 0.6) is 0 Å². The van der Waals surface area contributed by atoms with Crippen LogP contribution in [0.3, 0.4) is 0 Å². The molecule has 0 aromatic carbocycles. The number of ketones is 1. The van der Waals surface area contributed by atoms with Gasteiger partial charge in [0.05, 0.1) is 13.2 Å². The van der Waals surface area contributed by atoms with Gasteiger partial charge in [0, 0.05) is 24.4 Å². The van der Waals surface area contributed by atoms with Crippen LogP contribution in [-0.2, 0) is 23.9 Å². The summed E-state index contributed by atoms with van der Waals surface area (Å²) in [4.78, 5) is 34.3. The molecule has 0 bridgehead atoms. The highest BCUT2D eigenvalue weighted by Crippen LogP contribution is 2.12. The zero-order chi connectivity index (χ0) is 14.3. The first-order valence-corrected chi connectivity index (χ1v) is 6.12. The number of rotatable bonds is 6. The third-order valence-electron chi connectivity index (χ3n) is 2.37. The van der Waals surface area contributed by atoms with Crippen molar-refractivity contribution in [2.24, 2.45) is 0 Å². The summed E-state index contributed by atoms with van der Waals surface area (Å²) in [6, 6.07) is 0. The topological polar surface area (TPSA) is 81.7 Å². The molecule has 1 aliphatic carbocycles. The van der Waals surface area contributed by atoms with Crippen molar-refractivity contribution in [1.82, 2.24) is 5.32 Å². The maximum absolute atomic E-state index is 11.6. The number of allylic oxidation sites excluding steroid dienone is 2. The van der Waals surface area contributed by atoms with Crippen LogP contribution in [0.15, 0.2) is 23.5 Å². The first-order valence-electron chi connectivity index (χ1n) is 6.12. The van der Waals surface area contributed by atoms with Gasteiger partial charge in [-0.05, 0) is 20.3 Å². The highest BCUT2D eigenvalue weighted by molar-refractivity contribution is 6.14. The van der Waals surface area contributed by atoms with Gasteiger partial charge >= 0.3 is 11.9 Å². The van der Waals surface area contributed by atoms with E-state index in [0.717, 1.165) is 0 Å². The Labute approximate surface area is 111 Å². The standard InChI is InChI=1S/C13H17NO5/c1-3-18-12(16)11(13(17)19-4-2)8-14-9-5-6-10(15)7-9/h7-8,14H,3-6H2,1-2H3. The smallest absolute Gasteiger partial charge is 0.347 e. The van der Waals surface area contributed by atoms with Crippen LogP contribution >= 0.6 is 0 Å². The van der Waals surface area contributed by atoms with Gasteiger partial charge in [-0.2, -0.15) is 0 Å². The predicted octanol–water partition coefficient (Wildman–Crippen LogP) is 0.833. The molecule has 0 saturated heterocycles. The molecular formula is C13H17NO5. The molecule has 0 saturated carbocycles. The van der Waals surface area contributed by atoms with Gasteiger partial charge in [0.1, 0.15) is 0 Å². The minimum atomic E-state index is -0.752. The average molecular weight is 267 g/mol. The molecule has 0 aromatic rings. The van der Waals surface area contributed by atoms with Gasteiger partial charge < -0.3 is 14.8 Å². The highest BCUT2D eigenvalue weighted by Gasteiger charge is 2.21. The number of esters is 2. The van der Waals surface area contributed by atoms with Crippen LogP contribution in [0.2, 0.25) is 0 Å². The maximum Gasteiger partial charge on any atom is 0.347 e. The molecule has 0 heterocycles. The highest BCUT2D eigenvalue weighted by atomic mass is 16.6. The van der Waals surface area contributed by atoms with Crippen molar-refractivity contribution in [1.29, 1.82) is 0 Å². The SMILES string of the molecule is CCOC(=O)C(=CNC1=CC(=O)CC1)C(=O)OCC. The fourth-order valence-electron chi connectivity index (χ4n) is 1.49. The average Bonchev–Trinajstić information content (AvgIpc) is 2.76. The summed E-state index contributed by atoms with van der Waals surface area (Å²) in [5.41, 5.74) is 0.444. The van der Waals surface area contributed by atoms with E-state index in [9.17, 15) is 14.4 Å². The molecule has 0 atom stereocenters. The molecule has 0 aliphatic heterocycles. The molecule has 19 heavy (non-hydrogen) atoms. The Balaban J connectivity index is 2.77. The van der Waals surface area contributed by atoms with Crippen LogP contribution in [0, 0.1) is 0 Å². The van der Waals surface area contributed by atoms with E-state index in [1.165, 1.54) is 12.3 Å². The van der Waals surface area contributed by atoms with Crippen LogP contribution in [0.4, 0.5) is 0 Å². The Hall–Kier alpha value is -2.11. The van der Waals surface area contributed by atoms with Gasteiger partial charge in [0.2, 0.25) is 0 Å². The van der Waals surface area contributed by atoms with Crippen LogP contribution in [-0.4, -0.2) is 30.9 Å². The lowest BCUT2D eigenvalue weighted by molar-refractivity contribution is -0.146. The van der Waals surface area contributed by atoms with E-state index in [-0.39, 0.29) is 24.6 Å². The third-order valence-corrected chi connectivity index (χ3v) is 2.37. The molecule has 0 aromatic heterocycles. The summed E-state index contributed by atoms with van der Waals surface area (Å²) in [7, 11) is 0. The van der Waals surface area contributed by atoms with E-state index >= 15 is 0 Å². The van der Waals surface area contributed by atoms with E-state index in [0.29, 0.717) is 18.5 Å². The van der Waals surface area contributed by atoms with Crippen molar-refractivity contribution in [2.45, 2.75) is 26.7 Å². The molecule has 0 amide bonds. The molecule has 1 rings (SSSR count). The fourth-order valence-corrected chi connectivity index (χ4v) is 1.49. The molecular weight excluding hydrogens is 250 g/mol. The zero-order valence-electron chi connectivity index (χ0n) is 11.0. The Morgan fingerprint density at radius 1 is 1.21 bits per heavy atom. The van der Waals surface area contributed by atoms with Crippen LogP contribution in [0.1, 0.15) is 26.7 Å². The van der Waals surface area contributed by atoms with Crippen molar-refractivity contribution >= 4 is 17.7 Å². The molecule has 0 spiro atoms. The number of carbonyl (C=O) groups excluding carboxylic acids is 3. The second kappa shape index (κ2) is 7.35. The van der Waals surface area contributed by atoms with Gasteiger partial charge in [-0.1, -0.05) is 0 Å². The summed E-state index contributed by atoms with van der Waals surface area (Å²) < 4.78 is 9.55. The first kappa shape index (κ1) is 14.9. The molecule has 104 valence electrons. The lowest BCUT2D eigenvalue weighted by Gasteiger charge is -2.07. The quantitative estimate of drug-likeness (QED) is 0.332. The number of hydrogen-bond acceptors (Lipinski definition) is 6. The molecule has 6 nitrogen and oxygen atoms in total. The Bertz CT molecular complexity index is 416. The summed E-state index contributed by atoms with van der Waals surface area (Å²) in [6.45, 7) is 3.62. The van der Waals surface area contributed by atoms with Gasteiger partial charge in [0.25, 0.3) is 0 Å². The van der Waals surface area contributed by atoms with Crippen molar-refractivity contribution in [3.05, 3.63) is 23.5 Å². The monoisotopic (exact) mass is 267 g/mol. The summed E-state index contributed by atoms with van der Waals surface area (Å²) in [5, 5.41) is 2.77. The van der Waals surface area contributed by atoms with E-state index in [4.69, 9.17) is 9.47 Å². The Kier molecular flexibility index (Phi) is 5.78. The van der Waals surface area contributed by atoms with Gasteiger partial charge in [-0.3, -0.25) is 4.79 Å². The largest absolute Gasteiger partial charge is 0.462 e. The third kappa shape index (κ3) is 4.57. The van der Waals surface area contributed by atoms with E-state index in [2.05, 4.69) is 5.32 Å². The Morgan fingerprint density at radius 3 is 2.21 bits per heavy atom. The molecule has 0 unspecified atom stereocenters. The lowest BCUT2D eigenvalue weighted by atomic mass is 10.3. The van der Waals surface area contributed by atoms with E-state index in [1.807, 2.05) is 0 Å². The summed E-state index contributed by atoms with van der Waals surface area (Å²) in [5.74, 6) is -1.48. The zero-order valence-corrected chi connectivity index (χ0v) is 11.0.